The summed E-state index contributed by atoms with van der Waals surface area (Å²) in [5, 5.41) is 21.0. The lowest BCUT2D eigenvalue weighted by Gasteiger charge is -2.36. The summed E-state index contributed by atoms with van der Waals surface area (Å²) in [5.74, 6) is -0.282. The average molecular weight is 505 g/mol. The molecule has 0 aliphatic carbocycles. The largest absolute Gasteiger partial charge is 0.504 e. The lowest BCUT2D eigenvalue weighted by Crippen LogP contribution is -2.49. The second-order valence-corrected chi connectivity index (χ2v) is 7.94. The van der Waals surface area contributed by atoms with Gasteiger partial charge >= 0.3 is 0 Å². The number of para-hydroxylation sites is 2. The van der Waals surface area contributed by atoms with Gasteiger partial charge in [-0.2, -0.15) is 0 Å². The molecule has 0 spiro atoms. The minimum Gasteiger partial charge on any atom is -0.504 e. The number of aliphatic hydroxyl groups excluding tert-OH is 1. The fourth-order valence-corrected chi connectivity index (χ4v) is 3.93. The molecule has 34 heavy (non-hydrogen) atoms. The van der Waals surface area contributed by atoms with Gasteiger partial charge in [0, 0.05) is 44.0 Å². The summed E-state index contributed by atoms with van der Waals surface area (Å²) in [5.41, 5.74) is 1.89. The average Bonchev–Trinajstić information content (AvgIpc) is 2.84. The predicted octanol–water partition coefficient (Wildman–Crippen LogP) is 4.03. The Kier molecular flexibility index (Phi) is 10.7. The minimum absolute atomic E-state index is 0. The second-order valence-electron chi connectivity index (χ2n) is 7.94. The second kappa shape index (κ2) is 13.2. The molecule has 4 rings (SSSR count). The van der Waals surface area contributed by atoms with Crippen molar-refractivity contribution in [2.75, 3.05) is 44.2 Å². The number of nitrogens with zero attached hydrogens (tertiary/aromatic N) is 2. The molecule has 1 atom stereocenters. The van der Waals surface area contributed by atoms with Crippen molar-refractivity contribution < 1.29 is 19.7 Å². The van der Waals surface area contributed by atoms with Gasteiger partial charge in [-0.25, -0.2) is 0 Å². The Bertz CT molecular complexity index is 1030. The molecule has 2 N–H and O–H groups in total. The fourth-order valence-electron chi connectivity index (χ4n) is 3.93. The monoisotopic (exact) mass is 504 g/mol. The van der Waals surface area contributed by atoms with E-state index in [0.29, 0.717) is 12.1 Å². The number of aliphatic hydroxyl groups is 1. The third kappa shape index (κ3) is 6.87. The number of halogens is 2. The third-order valence-corrected chi connectivity index (χ3v) is 5.67. The SMILES string of the molecule is Cl.Cl.O=C(c1ccccc1)c1cccc(OCC(O)CN2CCN(c3ccccc3)CC2)c1O. The maximum absolute atomic E-state index is 12.7. The van der Waals surface area contributed by atoms with E-state index < -0.39 is 6.10 Å². The summed E-state index contributed by atoms with van der Waals surface area (Å²) in [7, 11) is 0. The Morgan fingerprint density at radius 1 is 0.853 bits per heavy atom. The van der Waals surface area contributed by atoms with Crippen LogP contribution in [0, 0.1) is 0 Å². The summed E-state index contributed by atoms with van der Waals surface area (Å²) in [4.78, 5) is 17.2. The number of piperazine rings is 1. The number of β-amino-alcohol motifs (C(OH)–C–C–N with tert-alkyl or cyclic N) is 1. The van der Waals surface area contributed by atoms with Crippen LogP contribution in [0.4, 0.5) is 5.69 Å². The highest BCUT2D eigenvalue weighted by molar-refractivity contribution is 6.11. The first-order valence-electron chi connectivity index (χ1n) is 10.9. The molecule has 1 heterocycles. The van der Waals surface area contributed by atoms with E-state index in [1.165, 1.54) is 5.69 Å². The van der Waals surface area contributed by atoms with E-state index in [1.54, 1.807) is 42.5 Å². The first-order valence-corrected chi connectivity index (χ1v) is 10.9. The molecule has 1 unspecified atom stereocenters. The summed E-state index contributed by atoms with van der Waals surface area (Å²) in [6.07, 6.45) is -0.703. The highest BCUT2D eigenvalue weighted by atomic mass is 35.5. The van der Waals surface area contributed by atoms with Gasteiger partial charge in [0.15, 0.2) is 17.3 Å². The van der Waals surface area contributed by atoms with Gasteiger partial charge in [-0.1, -0.05) is 54.6 Å². The molecule has 8 heteroatoms. The molecule has 1 aliphatic heterocycles. The van der Waals surface area contributed by atoms with Crippen LogP contribution in [0.25, 0.3) is 0 Å². The van der Waals surface area contributed by atoms with Crippen LogP contribution in [-0.2, 0) is 0 Å². The normalized spacial score (nSPS) is 14.4. The summed E-state index contributed by atoms with van der Waals surface area (Å²) < 4.78 is 5.67. The maximum atomic E-state index is 12.7. The Balaban J connectivity index is 0.00000204. The third-order valence-electron chi connectivity index (χ3n) is 5.67. The van der Waals surface area contributed by atoms with Gasteiger partial charge in [0.1, 0.15) is 12.7 Å². The molecule has 0 bridgehead atoms. The lowest BCUT2D eigenvalue weighted by atomic mass is 10.0. The minimum atomic E-state index is -0.703. The number of phenolic OH excluding ortho intramolecular Hbond substituents is 1. The van der Waals surface area contributed by atoms with Crippen molar-refractivity contribution in [1.82, 2.24) is 4.90 Å². The number of anilines is 1. The molecule has 0 saturated carbocycles. The molecule has 0 radical (unpaired) electrons. The van der Waals surface area contributed by atoms with E-state index in [0.717, 1.165) is 26.2 Å². The van der Waals surface area contributed by atoms with Crippen LogP contribution >= 0.6 is 24.8 Å². The number of benzene rings is 3. The molecule has 1 aliphatic rings. The van der Waals surface area contributed by atoms with Crippen molar-refractivity contribution >= 4 is 36.3 Å². The number of phenols is 1. The van der Waals surface area contributed by atoms with Crippen LogP contribution in [-0.4, -0.2) is 66.3 Å². The van der Waals surface area contributed by atoms with Gasteiger partial charge in [0.25, 0.3) is 0 Å². The first-order chi connectivity index (χ1) is 15.6. The number of rotatable bonds is 8. The van der Waals surface area contributed by atoms with Crippen LogP contribution < -0.4 is 9.64 Å². The molecule has 0 amide bonds. The topological polar surface area (TPSA) is 73.2 Å². The molecule has 182 valence electrons. The Hall–Kier alpha value is -2.77. The van der Waals surface area contributed by atoms with E-state index in [1.807, 2.05) is 24.3 Å². The molecule has 1 fully saturated rings. The number of ketones is 1. The number of ether oxygens (including phenoxy) is 1. The standard InChI is InChI=1S/C26H28N2O4.2ClH/c29-22(18-27-14-16-28(17-15-27)21-10-5-2-6-11-21)19-32-24-13-7-12-23(26(24)31)25(30)20-8-3-1-4-9-20;;/h1-13,22,29,31H,14-19H2;2*1H. The number of hydrogen-bond donors (Lipinski definition) is 2. The summed E-state index contributed by atoms with van der Waals surface area (Å²) in [6.45, 7) is 4.06. The van der Waals surface area contributed by atoms with Crippen LogP contribution in [0.3, 0.4) is 0 Å². The molecule has 1 saturated heterocycles. The smallest absolute Gasteiger partial charge is 0.196 e. The fraction of sp³-hybridized carbons (Fsp3) is 0.269. The Morgan fingerprint density at radius 2 is 1.47 bits per heavy atom. The van der Waals surface area contributed by atoms with Gasteiger partial charge in [0.05, 0.1) is 5.56 Å². The summed E-state index contributed by atoms with van der Waals surface area (Å²) in [6, 6.07) is 24.0. The summed E-state index contributed by atoms with van der Waals surface area (Å²) >= 11 is 0. The zero-order valence-electron chi connectivity index (χ0n) is 18.7. The van der Waals surface area contributed by atoms with Crippen molar-refractivity contribution in [2.45, 2.75) is 6.10 Å². The van der Waals surface area contributed by atoms with Crippen molar-refractivity contribution in [1.29, 1.82) is 0 Å². The first kappa shape index (κ1) is 27.5. The molecular formula is C26H30Cl2N2O4. The number of carbonyl (C=O) groups excluding carboxylic acids is 1. The van der Waals surface area contributed by atoms with Crippen molar-refractivity contribution in [2.24, 2.45) is 0 Å². The van der Waals surface area contributed by atoms with Gasteiger partial charge in [-0.15, -0.1) is 24.8 Å². The van der Waals surface area contributed by atoms with Gasteiger partial charge in [0.2, 0.25) is 0 Å². The Labute approximate surface area is 212 Å². The predicted molar refractivity (Wildman–Crippen MR) is 139 cm³/mol. The zero-order chi connectivity index (χ0) is 22.3. The Morgan fingerprint density at radius 3 is 2.12 bits per heavy atom. The molecule has 3 aromatic carbocycles. The van der Waals surface area contributed by atoms with Crippen LogP contribution in [0.15, 0.2) is 78.9 Å². The molecule has 6 nitrogen and oxygen atoms in total. The molecule has 0 aromatic heterocycles. The van der Waals surface area contributed by atoms with Crippen LogP contribution in [0.5, 0.6) is 11.5 Å². The van der Waals surface area contributed by atoms with E-state index >= 15 is 0 Å². The van der Waals surface area contributed by atoms with Gasteiger partial charge in [-0.3, -0.25) is 9.69 Å². The number of hydrogen-bond acceptors (Lipinski definition) is 6. The van der Waals surface area contributed by atoms with E-state index in [-0.39, 0.29) is 54.3 Å². The highest BCUT2D eigenvalue weighted by Crippen LogP contribution is 2.31. The lowest BCUT2D eigenvalue weighted by molar-refractivity contribution is 0.0653. The highest BCUT2D eigenvalue weighted by Gasteiger charge is 2.21. The van der Waals surface area contributed by atoms with Crippen molar-refractivity contribution in [3.05, 3.63) is 90.0 Å². The zero-order valence-corrected chi connectivity index (χ0v) is 20.4. The van der Waals surface area contributed by atoms with E-state index in [4.69, 9.17) is 4.74 Å². The van der Waals surface area contributed by atoms with E-state index in [2.05, 4.69) is 21.9 Å². The number of aromatic hydroxyl groups is 1. The van der Waals surface area contributed by atoms with Crippen LogP contribution in [0.2, 0.25) is 0 Å². The maximum Gasteiger partial charge on any atom is 0.196 e. The van der Waals surface area contributed by atoms with Gasteiger partial charge in [-0.05, 0) is 24.3 Å². The van der Waals surface area contributed by atoms with E-state index in [9.17, 15) is 15.0 Å². The molecular weight excluding hydrogens is 475 g/mol. The quantitative estimate of drug-likeness (QED) is 0.451. The number of carbonyl (C=O) groups is 1. The van der Waals surface area contributed by atoms with Crippen LogP contribution in [0.1, 0.15) is 15.9 Å². The van der Waals surface area contributed by atoms with Crippen molar-refractivity contribution in [3.63, 3.8) is 0 Å². The van der Waals surface area contributed by atoms with Crippen molar-refractivity contribution in [3.8, 4) is 11.5 Å². The van der Waals surface area contributed by atoms with Gasteiger partial charge < -0.3 is 19.8 Å². The molecule has 3 aromatic rings.